The molecule has 3 aliphatic heterocycles. The van der Waals surface area contributed by atoms with Gasteiger partial charge >= 0.3 is 0 Å². The topological polar surface area (TPSA) is 71.1 Å². The van der Waals surface area contributed by atoms with Gasteiger partial charge in [-0.05, 0) is 43.5 Å². The molecule has 3 fully saturated rings. The van der Waals surface area contributed by atoms with Crippen molar-refractivity contribution in [1.82, 2.24) is 15.1 Å². The zero-order valence-electron chi connectivity index (χ0n) is 17.2. The van der Waals surface area contributed by atoms with Crippen molar-refractivity contribution in [3.05, 3.63) is 29.8 Å². The zero-order valence-corrected chi connectivity index (χ0v) is 17.2. The van der Waals surface area contributed by atoms with Gasteiger partial charge in [-0.15, -0.1) is 0 Å². The van der Waals surface area contributed by atoms with Gasteiger partial charge in [0.15, 0.2) is 0 Å². The number of methoxy groups -OCH3 is 1. The monoisotopic (exact) mass is 401 g/mol. The Hall–Kier alpha value is -2.12. The fraction of sp³-hybridized carbons (Fsp3) is 0.636. The van der Waals surface area contributed by atoms with Gasteiger partial charge in [0.1, 0.15) is 5.75 Å². The first-order valence-electron chi connectivity index (χ1n) is 10.6. The fourth-order valence-corrected chi connectivity index (χ4v) is 4.90. The van der Waals surface area contributed by atoms with Crippen molar-refractivity contribution in [2.45, 2.75) is 37.1 Å². The molecule has 3 saturated heterocycles. The Morgan fingerprint density at radius 2 is 2.17 bits per heavy atom. The molecule has 7 heteroatoms. The van der Waals surface area contributed by atoms with E-state index in [1.54, 1.807) is 7.11 Å². The van der Waals surface area contributed by atoms with Crippen molar-refractivity contribution >= 4 is 11.8 Å². The third-order valence-electron chi connectivity index (χ3n) is 6.57. The molecule has 0 radical (unpaired) electrons. The maximum absolute atomic E-state index is 13.4. The van der Waals surface area contributed by atoms with Crippen molar-refractivity contribution in [3.8, 4) is 5.75 Å². The quantitative estimate of drug-likeness (QED) is 0.695. The SMILES string of the molecule is COc1cccc([C@]2(C(=O)NCCCN3CCOCC3)C[C@@H]3CCC(=O)N3C2)c1. The summed E-state index contributed by atoms with van der Waals surface area (Å²) in [5, 5.41) is 3.17. The molecule has 3 aliphatic rings. The first-order valence-corrected chi connectivity index (χ1v) is 10.6. The Morgan fingerprint density at radius 3 is 2.93 bits per heavy atom. The summed E-state index contributed by atoms with van der Waals surface area (Å²) < 4.78 is 10.8. The highest BCUT2D eigenvalue weighted by atomic mass is 16.5. The zero-order chi connectivity index (χ0) is 20.3. The molecule has 158 valence electrons. The summed E-state index contributed by atoms with van der Waals surface area (Å²) in [7, 11) is 1.63. The minimum atomic E-state index is -0.700. The van der Waals surface area contributed by atoms with E-state index in [0.29, 0.717) is 25.9 Å². The van der Waals surface area contributed by atoms with Crippen LogP contribution in [0.1, 0.15) is 31.2 Å². The third kappa shape index (κ3) is 4.12. The van der Waals surface area contributed by atoms with Gasteiger partial charge in [-0.25, -0.2) is 0 Å². The molecular formula is C22H31N3O4. The molecule has 4 rings (SSSR count). The van der Waals surface area contributed by atoms with Crippen molar-refractivity contribution in [1.29, 1.82) is 0 Å². The summed E-state index contributed by atoms with van der Waals surface area (Å²) in [4.78, 5) is 30.0. The summed E-state index contributed by atoms with van der Waals surface area (Å²) in [6.45, 7) is 5.55. The molecule has 0 aromatic heterocycles. The second kappa shape index (κ2) is 8.71. The molecule has 1 N–H and O–H groups in total. The molecule has 2 atom stereocenters. The highest BCUT2D eigenvalue weighted by Crippen LogP contribution is 2.43. The van der Waals surface area contributed by atoms with Gasteiger partial charge < -0.3 is 19.7 Å². The lowest BCUT2D eigenvalue weighted by Crippen LogP contribution is -2.47. The Bertz CT molecular complexity index is 749. The summed E-state index contributed by atoms with van der Waals surface area (Å²) in [5.41, 5.74) is 0.235. The number of rotatable bonds is 7. The molecule has 0 saturated carbocycles. The molecular weight excluding hydrogens is 370 g/mol. The van der Waals surface area contributed by atoms with E-state index >= 15 is 0 Å². The van der Waals surface area contributed by atoms with Gasteiger partial charge in [-0.2, -0.15) is 0 Å². The van der Waals surface area contributed by atoms with Crippen LogP contribution in [0.4, 0.5) is 0 Å². The maximum Gasteiger partial charge on any atom is 0.232 e. The molecule has 0 unspecified atom stereocenters. The summed E-state index contributed by atoms with van der Waals surface area (Å²) in [6.07, 6.45) is 3.03. The van der Waals surface area contributed by atoms with Crippen molar-refractivity contribution < 1.29 is 19.1 Å². The molecule has 0 aliphatic carbocycles. The molecule has 0 bridgehead atoms. The normalized spacial score (nSPS) is 27.1. The largest absolute Gasteiger partial charge is 0.497 e. The highest BCUT2D eigenvalue weighted by Gasteiger charge is 2.53. The van der Waals surface area contributed by atoms with E-state index in [9.17, 15) is 9.59 Å². The Morgan fingerprint density at radius 1 is 1.34 bits per heavy atom. The maximum atomic E-state index is 13.4. The van der Waals surface area contributed by atoms with E-state index in [0.717, 1.165) is 57.0 Å². The number of ether oxygens (including phenoxy) is 2. The van der Waals surface area contributed by atoms with Crippen LogP contribution in [0.2, 0.25) is 0 Å². The lowest BCUT2D eigenvalue weighted by molar-refractivity contribution is -0.129. The number of nitrogens with zero attached hydrogens (tertiary/aromatic N) is 2. The average molecular weight is 402 g/mol. The number of hydrogen-bond acceptors (Lipinski definition) is 5. The van der Waals surface area contributed by atoms with E-state index < -0.39 is 5.41 Å². The van der Waals surface area contributed by atoms with Gasteiger partial charge in [-0.1, -0.05) is 12.1 Å². The predicted molar refractivity (Wildman–Crippen MR) is 109 cm³/mol. The first-order chi connectivity index (χ1) is 14.1. The van der Waals surface area contributed by atoms with Crippen LogP contribution in [0.3, 0.4) is 0 Å². The van der Waals surface area contributed by atoms with Crippen LogP contribution < -0.4 is 10.1 Å². The summed E-state index contributed by atoms with van der Waals surface area (Å²) in [5.74, 6) is 0.926. The fourth-order valence-electron chi connectivity index (χ4n) is 4.90. The van der Waals surface area contributed by atoms with Gasteiger partial charge in [0.05, 0.1) is 25.7 Å². The minimum Gasteiger partial charge on any atom is -0.497 e. The van der Waals surface area contributed by atoms with E-state index in [1.807, 2.05) is 29.2 Å². The standard InChI is InChI=1S/C22H31N3O4/c1-28-19-5-2-4-17(14-19)22(15-18-6-7-20(26)25(18)16-22)21(27)23-8-3-9-24-10-12-29-13-11-24/h2,4-5,14,18H,3,6-13,15-16H2,1H3,(H,23,27)/t18-,22-/m0/s1. The van der Waals surface area contributed by atoms with Crippen LogP contribution in [0.5, 0.6) is 5.75 Å². The van der Waals surface area contributed by atoms with E-state index in [-0.39, 0.29) is 17.9 Å². The summed E-state index contributed by atoms with van der Waals surface area (Å²) in [6, 6.07) is 7.90. The predicted octanol–water partition coefficient (Wildman–Crippen LogP) is 1.17. The van der Waals surface area contributed by atoms with E-state index in [1.165, 1.54) is 0 Å². The lowest BCUT2D eigenvalue weighted by Gasteiger charge is -2.30. The second-order valence-electron chi connectivity index (χ2n) is 8.30. The third-order valence-corrected chi connectivity index (χ3v) is 6.57. The van der Waals surface area contributed by atoms with Crippen LogP contribution in [-0.4, -0.2) is 80.7 Å². The van der Waals surface area contributed by atoms with Crippen LogP contribution >= 0.6 is 0 Å². The van der Waals surface area contributed by atoms with Gasteiger partial charge in [0.2, 0.25) is 11.8 Å². The molecule has 0 spiro atoms. The number of nitrogens with one attached hydrogen (secondary N) is 1. The molecule has 2 amide bonds. The average Bonchev–Trinajstić information content (AvgIpc) is 3.31. The number of hydrogen-bond donors (Lipinski definition) is 1. The van der Waals surface area contributed by atoms with Gasteiger partial charge in [0, 0.05) is 38.6 Å². The lowest BCUT2D eigenvalue weighted by atomic mass is 9.76. The van der Waals surface area contributed by atoms with Crippen molar-refractivity contribution in [2.75, 3.05) is 53.0 Å². The number of fused-ring (bicyclic) bond motifs is 1. The smallest absolute Gasteiger partial charge is 0.232 e. The molecule has 7 nitrogen and oxygen atoms in total. The number of amides is 2. The van der Waals surface area contributed by atoms with Crippen LogP contribution in [0.15, 0.2) is 24.3 Å². The second-order valence-corrected chi connectivity index (χ2v) is 8.30. The van der Waals surface area contributed by atoms with Crippen LogP contribution in [-0.2, 0) is 19.7 Å². The molecule has 1 aromatic rings. The van der Waals surface area contributed by atoms with E-state index in [2.05, 4.69) is 10.2 Å². The minimum absolute atomic E-state index is 0.0231. The van der Waals surface area contributed by atoms with Crippen molar-refractivity contribution in [2.24, 2.45) is 0 Å². The molecule has 1 aromatic carbocycles. The number of carbonyl (C=O) groups is 2. The van der Waals surface area contributed by atoms with Crippen LogP contribution in [0.25, 0.3) is 0 Å². The Balaban J connectivity index is 1.45. The number of benzene rings is 1. The highest BCUT2D eigenvalue weighted by molar-refractivity contribution is 5.91. The van der Waals surface area contributed by atoms with Crippen LogP contribution in [0, 0.1) is 0 Å². The van der Waals surface area contributed by atoms with Crippen molar-refractivity contribution in [3.63, 3.8) is 0 Å². The van der Waals surface area contributed by atoms with Gasteiger partial charge in [0.25, 0.3) is 0 Å². The number of carbonyl (C=O) groups excluding carboxylic acids is 2. The summed E-state index contributed by atoms with van der Waals surface area (Å²) >= 11 is 0. The number of morpholine rings is 1. The first kappa shape index (κ1) is 20.2. The van der Waals surface area contributed by atoms with Gasteiger partial charge in [-0.3, -0.25) is 14.5 Å². The Labute approximate surface area is 172 Å². The molecule has 3 heterocycles. The molecule has 29 heavy (non-hydrogen) atoms. The van der Waals surface area contributed by atoms with E-state index in [4.69, 9.17) is 9.47 Å². The Kier molecular flexibility index (Phi) is 6.06.